The number of nitrogens with one attached hydrogen (secondary N) is 6. The molecule has 3 fully saturated rings. The molecule has 0 bridgehead atoms. The third-order valence-electron chi connectivity index (χ3n) is 11.8. The summed E-state index contributed by atoms with van der Waals surface area (Å²) in [6.45, 7) is 2.29. The fourth-order valence-electron chi connectivity index (χ4n) is 8.62. The minimum atomic E-state index is -1.06. The predicted molar refractivity (Wildman–Crippen MR) is 216 cm³/mol. The van der Waals surface area contributed by atoms with Crippen LogP contribution in [0.25, 0.3) is 0 Å². The average Bonchev–Trinajstić information content (AvgIpc) is 3.96. The molecule has 0 saturated heterocycles. The van der Waals surface area contributed by atoms with Crippen molar-refractivity contribution >= 4 is 41.4 Å². The summed E-state index contributed by atoms with van der Waals surface area (Å²) in [4.78, 5) is 92.5. The highest BCUT2D eigenvalue weighted by Crippen LogP contribution is 2.29. The first-order valence-corrected chi connectivity index (χ1v) is 21.1. The topological polar surface area (TPSA) is 290 Å². The molecule has 0 heterocycles. The number of rotatable bonds is 22. The van der Waals surface area contributed by atoms with Crippen molar-refractivity contribution in [3.05, 3.63) is 29.8 Å². The van der Waals surface area contributed by atoms with Crippen LogP contribution in [0.2, 0.25) is 0 Å². The van der Waals surface area contributed by atoms with Crippen molar-refractivity contribution < 1.29 is 38.7 Å². The van der Waals surface area contributed by atoms with Gasteiger partial charge in [0.05, 0.1) is 17.8 Å². The standard InChI is InChI=1S/C41H65N9O8/c1-24(51)45-30-14-6-9-27(30)38(55)49-34(13-3-5-22-43)40(57)46-31-15-8-11-29(31)39(56)50-35(23-25-17-19-26(52)20-18-25)41(58)47-32-16-7-10-28(32)37(54)48-33(36(44)53)12-2-4-21-42/h17-20,27-35,52H,2-16,21-23,42-43H2,1H3,(H2,44,53)(H,45,51)(H,46,57)(H,47,58)(H,48,54)(H,49,55)(H,50,56)/t27?,28?,29?,30?,31?,32?,33-,34-,35-/m1/s1. The number of amides is 7. The highest BCUT2D eigenvalue weighted by molar-refractivity contribution is 5.92. The molecule has 17 nitrogen and oxygen atoms in total. The SMILES string of the molecule is CC(=O)NC1CCCC1C(=O)N[C@H](CCCCN)C(=O)NC1CCCC1C(=O)N[C@H](Cc1ccc(O)cc1)C(=O)NC1CCCC1C(=O)N[C@H](CCCCN)C(N)=O. The summed E-state index contributed by atoms with van der Waals surface area (Å²) in [5.41, 5.74) is 17.5. The Balaban J connectivity index is 1.44. The molecule has 1 aromatic rings. The minimum absolute atomic E-state index is 0.0451. The summed E-state index contributed by atoms with van der Waals surface area (Å²) < 4.78 is 0. The minimum Gasteiger partial charge on any atom is -0.508 e. The number of hydrogen-bond acceptors (Lipinski definition) is 10. The summed E-state index contributed by atoms with van der Waals surface area (Å²) in [5, 5.41) is 27.3. The molecule has 17 heteroatoms. The summed E-state index contributed by atoms with van der Waals surface area (Å²) in [7, 11) is 0. The molecule has 3 saturated carbocycles. The van der Waals surface area contributed by atoms with Crippen molar-refractivity contribution in [2.24, 2.45) is 35.0 Å². The number of phenols is 1. The highest BCUT2D eigenvalue weighted by Gasteiger charge is 2.40. The van der Waals surface area contributed by atoms with Crippen LogP contribution >= 0.6 is 0 Å². The van der Waals surface area contributed by atoms with Gasteiger partial charge in [-0.05, 0) is 108 Å². The van der Waals surface area contributed by atoms with E-state index in [-0.39, 0.29) is 35.9 Å². The van der Waals surface area contributed by atoms with Gasteiger partial charge in [0.2, 0.25) is 41.4 Å². The molecule has 0 aromatic heterocycles. The van der Waals surface area contributed by atoms with Crippen LogP contribution in [0.5, 0.6) is 5.75 Å². The molecule has 58 heavy (non-hydrogen) atoms. The van der Waals surface area contributed by atoms with E-state index in [0.29, 0.717) is 109 Å². The average molecular weight is 812 g/mol. The van der Waals surface area contributed by atoms with Crippen LogP contribution in [0.3, 0.4) is 0 Å². The summed E-state index contributed by atoms with van der Waals surface area (Å²) in [5.74, 6) is -4.54. The van der Waals surface area contributed by atoms with Gasteiger partial charge in [0.25, 0.3) is 0 Å². The number of phenolic OH excluding ortho intramolecular Hbond substituents is 1. The van der Waals surface area contributed by atoms with Gasteiger partial charge >= 0.3 is 0 Å². The number of unbranched alkanes of at least 4 members (excludes halogenated alkanes) is 2. The monoisotopic (exact) mass is 811 g/mol. The number of carbonyl (C=O) groups excluding carboxylic acids is 7. The Morgan fingerprint density at radius 1 is 0.603 bits per heavy atom. The van der Waals surface area contributed by atoms with Crippen LogP contribution in [0.4, 0.5) is 0 Å². The van der Waals surface area contributed by atoms with Crippen LogP contribution in [-0.2, 0) is 40.0 Å². The van der Waals surface area contributed by atoms with Gasteiger partial charge in [0, 0.05) is 31.5 Å². The van der Waals surface area contributed by atoms with E-state index in [0.717, 1.165) is 6.42 Å². The zero-order valence-corrected chi connectivity index (χ0v) is 33.8. The van der Waals surface area contributed by atoms with E-state index in [1.54, 1.807) is 12.1 Å². The lowest BCUT2D eigenvalue weighted by atomic mass is 9.97. The third-order valence-corrected chi connectivity index (χ3v) is 11.8. The van der Waals surface area contributed by atoms with E-state index < -0.39 is 71.6 Å². The fourth-order valence-corrected chi connectivity index (χ4v) is 8.62. The second-order valence-electron chi connectivity index (χ2n) is 16.2. The van der Waals surface area contributed by atoms with Gasteiger partial charge in [-0.1, -0.05) is 31.4 Å². The molecule has 322 valence electrons. The van der Waals surface area contributed by atoms with Gasteiger partial charge in [0.15, 0.2) is 0 Å². The molecule has 6 unspecified atom stereocenters. The van der Waals surface area contributed by atoms with Gasteiger partial charge in [-0.2, -0.15) is 0 Å². The molecule has 0 aliphatic heterocycles. The van der Waals surface area contributed by atoms with Crippen molar-refractivity contribution in [3.8, 4) is 5.75 Å². The molecule has 3 aliphatic rings. The first kappa shape index (κ1) is 45.9. The lowest BCUT2D eigenvalue weighted by molar-refractivity contribution is -0.134. The van der Waals surface area contributed by atoms with E-state index in [2.05, 4.69) is 31.9 Å². The van der Waals surface area contributed by atoms with Crippen LogP contribution in [0, 0.1) is 17.8 Å². The number of hydrogen-bond donors (Lipinski definition) is 10. The second-order valence-corrected chi connectivity index (χ2v) is 16.2. The molecule has 13 N–H and O–H groups in total. The van der Waals surface area contributed by atoms with Crippen LogP contribution in [-0.4, -0.2) is 95.8 Å². The molecule has 0 spiro atoms. The van der Waals surface area contributed by atoms with E-state index in [1.807, 2.05) is 0 Å². The Morgan fingerprint density at radius 3 is 1.47 bits per heavy atom. The fraction of sp³-hybridized carbons (Fsp3) is 0.683. The molecule has 9 atom stereocenters. The maximum Gasteiger partial charge on any atom is 0.243 e. The van der Waals surface area contributed by atoms with Gasteiger partial charge in [0.1, 0.15) is 23.9 Å². The number of nitrogens with two attached hydrogens (primary N) is 3. The lowest BCUT2D eigenvalue weighted by Gasteiger charge is -2.28. The Bertz CT molecular complexity index is 1580. The normalized spacial score (nSPS) is 24.2. The van der Waals surface area contributed by atoms with E-state index in [9.17, 15) is 38.7 Å². The van der Waals surface area contributed by atoms with Gasteiger partial charge in [-0.3, -0.25) is 33.6 Å². The van der Waals surface area contributed by atoms with Crippen molar-refractivity contribution in [1.29, 1.82) is 0 Å². The number of carbonyl (C=O) groups is 7. The molecule has 4 rings (SSSR count). The number of benzene rings is 1. The van der Waals surface area contributed by atoms with Crippen molar-refractivity contribution in [1.82, 2.24) is 31.9 Å². The zero-order chi connectivity index (χ0) is 42.2. The van der Waals surface area contributed by atoms with Crippen molar-refractivity contribution in [3.63, 3.8) is 0 Å². The van der Waals surface area contributed by atoms with E-state index in [4.69, 9.17) is 17.2 Å². The molecular weight excluding hydrogens is 747 g/mol. The molecule has 0 radical (unpaired) electrons. The van der Waals surface area contributed by atoms with Crippen molar-refractivity contribution in [2.75, 3.05) is 13.1 Å². The quantitative estimate of drug-likeness (QED) is 0.0700. The van der Waals surface area contributed by atoms with Crippen LogP contribution < -0.4 is 49.1 Å². The van der Waals surface area contributed by atoms with Gasteiger partial charge in [-0.15, -0.1) is 0 Å². The highest BCUT2D eigenvalue weighted by atomic mass is 16.3. The van der Waals surface area contributed by atoms with Crippen LogP contribution in [0.1, 0.15) is 109 Å². The first-order valence-electron chi connectivity index (χ1n) is 21.1. The summed E-state index contributed by atoms with van der Waals surface area (Å²) >= 11 is 0. The molecular formula is C41H65N9O8. The summed E-state index contributed by atoms with van der Waals surface area (Å²) in [6.07, 6.45) is 8.72. The largest absolute Gasteiger partial charge is 0.508 e. The Morgan fingerprint density at radius 2 is 1.02 bits per heavy atom. The predicted octanol–water partition coefficient (Wildman–Crippen LogP) is 0.00700. The number of aromatic hydroxyl groups is 1. The van der Waals surface area contributed by atoms with Gasteiger partial charge in [-0.25, -0.2) is 0 Å². The third kappa shape index (κ3) is 13.7. The van der Waals surface area contributed by atoms with Crippen molar-refractivity contribution in [2.45, 2.75) is 146 Å². The Labute approximate surface area is 340 Å². The smallest absolute Gasteiger partial charge is 0.243 e. The van der Waals surface area contributed by atoms with Gasteiger partial charge < -0.3 is 54.2 Å². The maximum absolute atomic E-state index is 14.0. The number of primary amides is 1. The summed E-state index contributed by atoms with van der Waals surface area (Å²) in [6, 6.07) is 2.11. The Kier molecular flexibility index (Phi) is 18.2. The second kappa shape index (κ2) is 23.0. The van der Waals surface area contributed by atoms with Crippen LogP contribution in [0.15, 0.2) is 24.3 Å². The molecule has 3 aliphatic carbocycles. The lowest BCUT2D eigenvalue weighted by Crippen LogP contribution is -2.57. The molecule has 7 amide bonds. The zero-order valence-electron chi connectivity index (χ0n) is 33.8. The van der Waals surface area contributed by atoms with E-state index in [1.165, 1.54) is 19.1 Å². The Hall–Kier alpha value is -4.77. The molecule has 1 aromatic carbocycles. The first-order chi connectivity index (χ1) is 27.8. The maximum atomic E-state index is 14.0. The van der Waals surface area contributed by atoms with E-state index >= 15 is 0 Å².